The van der Waals surface area contributed by atoms with E-state index in [1.54, 1.807) is 6.20 Å². The molecular weight excluding hydrogens is 296 g/mol. The maximum Gasteiger partial charge on any atom is 0.191 e. The third-order valence-electron chi connectivity index (χ3n) is 3.83. The van der Waals surface area contributed by atoms with Crippen molar-refractivity contribution in [3.8, 4) is 0 Å². The Morgan fingerprint density at radius 3 is 2.58 bits per heavy atom. The molecule has 1 atom stereocenters. The van der Waals surface area contributed by atoms with Crippen molar-refractivity contribution in [2.24, 2.45) is 4.99 Å². The summed E-state index contributed by atoms with van der Waals surface area (Å²) in [6.07, 6.45) is 6.76. The van der Waals surface area contributed by atoms with Crippen LogP contribution in [0.5, 0.6) is 0 Å². The second kappa shape index (κ2) is 10.4. The molecule has 2 N–H and O–H groups in total. The minimum atomic E-state index is 0.376. The van der Waals surface area contributed by atoms with Gasteiger partial charge >= 0.3 is 0 Å². The van der Waals surface area contributed by atoms with E-state index in [1.165, 1.54) is 11.1 Å². The Bertz CT molecular complexity index is 596. The second-order valence-electron chi connectivity index (χ2n) is 5.94. The van der Waals surface area contributed by atoms with Crippen LogP contribution in [0.2, 0.25) is 0 Å². The summed E-state index contributed by atoms with van der Waals surface area (Å²) in [5.41, 5.74) is 2.60. The van der Waals surface area contributed by atoms with Crippen molar-refractivity contribution >= 4 is 5.96 Å². The Morgan fingerprint density at radius 2 is 1.88 bits per heavy atom. The number of aliphatic imine (C=N–C) groups is 1. The highest BCUT2D eigenvalue weighted by molar-refractivity contribution is 5.80. The largest absolute Gasteiger partial charge is 0.357 e. The van der Waals surface area contributed by atoms with Gasteiger partial charge in [0.2, 0.25) is 0 Å². The van der Waals surface area contributed by atoms with Crippen LogP contribution in [0.1, 0.15) is 31.4 Å². The summed E-state index contributed by atoms with van der Waals surface area (Å²) >= 11 is 0. The Morgan fingerprint density at radius 1 is 1.08 bits per heavy atom. The van der Waals surface area contributed by atoms with E-state index in [-0.39, 0.29) is 0 Å². The van der Waals surface area contributed by atoms with E-state index in [0.29, 0.717) is 6.04 Å². The van der Waals surface area contributed by atoms with Crippen LogP contribution in [0.15, 0.2) is 59.9 Å². The Labute approximate surface area is 145 Å². The Kier molecular flexibility index (Phi) is 7.81. The number of aryl methyl sites for hydroxylation is 1. The first-order valence-corrected chi connectivity index (χ1v) is 8.75. The van der Waals surface area contributed by atoms with E-state index in [4.69, 9.17) is 0 Å². The summed E-state index contributed by atoms with van der Waals surface area (Å²) in [7, 11) is 0. The van der Waals surface area contributed by atoms with Crippen molar-refractivity contribution in [1.82, 2.24) is 15.6 Å². The van der Waals surface area contributed by atoms with Crippen LogP contribution in [0.4, 0.5) is 0 Å². The van der Waals surface area contributed by atoms with Gasteiger partial charge in [0.1, 0.15) is 0 Å². The van der Waals surface area contributed by atoms with Gasteiger partial charge in [0, 0.05) is 31.5 Å². The predicted molar refractivity (Wildman–Crippen MR) is 101 cm³/mol. The molecule has 128 valence electrons. The fourth-order valence-electron chi connectivity index (χ4n) is 2.50. The fraction of sp³-hybridized carbons (Fsp3) is 0.400. The average molecular weight is 324 g/mol. The van der Waals surface area contributed by atoms with Crippen LogP contribution in [-0.2, 0) is 12.8 Å². The molecule has 4 heteroatoms. The monoisotopic (exact) mass is 324 g/mol. The summed E-state index contributed by atoms with van der Waals surface area (Å²) in [5.74, 6) is 0.891. The van der Waals surface area contributed by atoms with Gasteiger partial charge in [-0.2, -0.15) is 0 Å². The lowest BCUT2D eigenvalue weighted by Gasteiger charge is -2.18. The first-order chi connectivity index (χ1) is 11.8. The molecule has 0 saturated carbocycles. The van der Waals surface area contributed by atoms with Crippen molar-refractivity contribution < 1.29 is 0 Å². The van der Waals surface area contributed by atoms with Crippen molar-refractivity contribution in [3.05, 3.63) is 66.0 Å². The van der Waals surface area contributed by atoms with Crippen molar-refractivity contribution in [1.29, 1.82) is 0 Å². The van der Waals surface area contributed by atoms with Gasteiger partial charge in [-0.15, -0.1) is 0 Å². The van der Waals surface area contributed by atoms with Gasteiger partial charge in [-0.3, -0.25) is 9.98 Å². The van der Waals surface area contributed by atoms with Gasteiger partial charge in [0.05, 0.1) is 0 Å². The second-order valence-corrected chi connectivity index (χ2v) is 5.94. The van der Waals surface area contributed by atoms with Crippen molar-refractivity contribution in [3.63, 3.8) is 0 Å². The average Bonchev–Trinajstić information content (AvgIpc) is 2.62. The zero-order chi connectivity index (χ0) is 17.0. The molecule has 1 aromatic carbocycles. The zero-order valence-electron chi connectivity index (χ0n) is 14.7. The van der Waals surface area contributed by atoms with Gasteiger partial charge in [-0.05, 0) is 50.3 Å². The number of benzene rings is 1. The number of aromatic nitrogens is 1. The Hall–Kier alpha value is -2.36. The van der Waals surface area contributed by atoms with E-state index in [0.717, 1.165) is 38.3 Å². The highest BCUT2D eigenvalue weighted by Gasteiger charge is 2.05. The lowest BCUT2D eigenvalue weighted by Crippen LogP contribution is -2.42. The molecular formula is C20H28N4. The number of hydrogen-bond donors (Lipinski definition) is 2. The van der Waals surface area contributed by atoms with E-state index in [1.807, 2.05) is 12.3 Å². The predicted octanol–water partition coefficient (Wildman–Crippen LogP) is 3.20. The molecule has 2 aromatic rings. The summed E-state index contributed by atoms with van der Waals surface area (Å²) in [6.45, 7) is 5.92. The molecule has 1 aromatic heterocycles. The normalized spacial score (nSPS) is 12.7. The molecule has 2 rings (SSSR count). The first kappa shape index (κ1) is 18.0. The van der Waals surface area contributed by atoms with Gasteiger partial charge in [-0.25, -0.2) is 0 Å². The van der Waals surface area contributed by atoms with Gasteiger partial charge in [-0.1, -0.05) is 36.4 Å². The van der Waals surface area contributed by atoms with E-state index < -0.39 is 0 Å². The molecule has 0 radical (unpaired) electrons. The zero-order valence-corrected chi connectivity index (χ0v) is 14.7. The number of guanidine groups is 1. The van der Waals surface area contributed by atoms with Gasteiger partial charge in [0.25, 0.3) is 0 Å². The van der Waals surface area contributed by atoms with Crippen LogP contribution >= 0.6 is 0 Å². The van der Waals surface area contributed by atoms with Crippen LogP contribution in [0.3, 0.4) is 0 Å². The number of pyridine rings is 1. The molecule has 1 unspecified atom stereocenters. The van der Waals surface area contributed by atoms with Crippen LogP contribution in [-0.4, -0.2) is 30.1 Å². The summed E-state index contributed by atoms with van der Waals surface area (Å²) in [5, 5.41) is 6.82. The van der Waals surface area contributed by atoms with E-state index in [2.05, 4.69) is 70.9 Å². The highest BCUT2D eigenvalue weighted by Crippen LogP contribution is 2.04. The van der Waals surface area contributed by atoms with Crippen LogP contribution in [0, 0.1) is 0 Å². The summed E-state index contributed by atoms with van der Waals surface area (Å²) in [6, 6.07) is 15.0. The molecule has 1 heterocycles. The molecule has 0 aliphatic carbocycles. The molecule has 0 aliphatic rings. The molecule has 4 nitrogen and oxygen atoms in total. The number of nitrogens with zero attached hydrogens (tertiary/aromatic N) is 2. The van der Waals surface area contributed by atoms with E-state index in [9.17, 15) is 0 Å². The molecule has 0 bridgehead atoms. The van der Waals surface area contributed by atoms with Crippen molar-refractivity contribution in [2.45, 2.75) is 39.2 Å². The highest BCUT2D eigenvalue weighted by atomic mass is 15.2. The molecule has 0 saturated heterocycles. The molecule has 0 amide bonds. The first-order valence-electron chi connectivity index (χ1n) is 8.75. The lowest BCUT2D eigenvalue weighted by molar-refractivity contribution is 0.593. The molecule has 24 heavy (non-hydrogen) atoms. The summed E-state index contributed by atoms with van der Waals surface area (Å²) < 4.78 is 0. The maximum atomic E-state index is 4.67. The molecule has 0 fully saturated rings. The minimum absolute atomic E-state index is 0.376. The third kappa shape index (κ3) is 6.82. The molecule has 0 spiro atoms. The topological polar surface area (TPSA) is 49.3 Å². The van der Waals surface area contributed by atoms with E-state index >= 15 is 0 Å². The van der Waals surface area contributed by atoms with Crippen molar-refractivity contribution in [2.75, 3.05) is 13.1 Å². The number of hydrogen-bond acceptors (Lipinski definition) is 2. The fourth-order valence-corrected chi connectivity index (χ4v) is 2.50. The van der Waals surface area contributed by atoms with Crippen LogP contribution in [0.25, 0.3) is 0 Å². The van der Waals surface area contributed by atoms with Gasteiger partial charge < -0.3 is 10.6 Å². The standard InChI is InChI=1S/C20H28N4/c1-3-22-20(23-15-13-19-10-7-14-21-16-19)24-17(2)11-12-18-8-5-4-6-9-18/h4-10,14,16-17H,3,11-13,15H2,1-2H3,(H2,22,23,24). The molecule has 0 aliphatic heterocycles. The van der Waals surface area contributed by atoms with Gasteiger partial charge in [0.15, 0.2) is 5.96 Å². The minimum Gasteiger partial charge on any atom is -0.357 e. The smallest absolute Gasteiger partial charge is 0.191 e. The third-order valence-corrected chi connectivity index (χ3v) is 3.83. The quantitative estimate of drug-likeness (QED) is 0.579. The Balaban J connectivity index is 1.79. The maximum absolute atomic E-state index is 4.67. The van der Waals surface area contributed by atoms with Crippen LogP contribution < -0.4 is 10.6 Å². The SMILES string of the molecule is CCNC(=NCCc1cccnc1)NC(C)CCc1ccccc1. The summed E-state index contributed by atoms with van der Waals surface area (Å²) in [4.78, 5) is 8.81. The number of nitrogens with one attached hydrogen (secondary N) is 2. The number of rotatable bonds is 8. The lowest BCUT2D eigenvalue weighted by atomic mass is 10.1.